The highest BCUT2D eigenvalue weighted by Crippen LogP contribution is 2.37. The van der Waals surface area contributed by atoms with Gasteiger partial charge in [-0.15, -0.1) is 0 Å². The minimum atomic E-state index is -1.64. The van der Waals surface area contributed by atoms with E-state index in [2.05, 4.69) is 0 Å². The van der Waals surface area contributed by atoms with Gasteiger partial charge in [-0.1, -0.05) is 0 Å². The quantitative estimate of drug-likeness (QED) is 0.154. The molecule has 2 saturated heterocycles. The van der Waals surface area contributed by atoms with Crippen LogP contribution >= 0.6 is 0 Å². The Morgan fingerprint density at radius 1 is 0.762 bits per heavy atom. The molecule has 15 heteroatoms. The van der Waals surface area contributed by atoms with Crippen LogP contribution in [0, 0.1) is 0 Å². The number of ether oxygens (including phenoxy) is 4. The fourth-order valence-corrected chi connectivity index (χ4v) is 4.76. The van der Waals surface area contributed by atoms with Crippen molar-refractivity contribution < 1.29 is 69.3 Å². The van der Waals surface area contributed by atoms with Crippen LogP contribution in [0.5, 0.6) is 23.0 Å². The molecular formula is C27H30O15. The lowest BCUT2D eigenvalue weighted by Gasteiger charge is -2.39. The fourth-order valence-electron chi connectivity index (χ4n) is 4.76. The van der Waals surface area contributed by atoms with E-state index in [1.54, 1.807) is 0 Å². The van der Waals surface area contributed by atoms with Crippen LogP contribution in [0.15, 0.2) is 45.6 Å². The highest BCUT2D eigenvalue weighted by Gasteiger charge is 2.45. The van der Waals surface area contributed by atoms with Gasteiger partial charge in [-0.25, -0.2) is 0 Å². The molecule has 10 atom stereocenters. The van der Waals surface area contributed by atoms with Crippen LogP contribution in [0.1, 0.15) is 6.92 Å². The predicted molar refractivity (Wildman–Crippen MR) is 139 cm³/mol. The lowest BCUT2D eigenvalue weighted by Crippen LogP contribution is -2.60. The second-order valence-corrected chi connectivity index (χ2v) is 10.1. The Balaban J connectivity index is 1.41. The number of aromatic hydroxyl groups is 2. The Morgan fingerprint density at radius 2 is 1.36 bits per heavy atom. The largest absolute Gasteiger partial charge is 0.507 e. The molecule has 9 N–H and O–H groups in total. The maximum Gasteiger partial charge on any atom is 0.238 e. The fraction of sp³-hybridized carbons (Fsp3) is 0.444. The van der Waals surface area contributed by atoms with Crippen molar-refractivity contribution in [1.29, 1.82) is 0 Å². The number of fused-ring (bicyclic) bond motifs is 1. The number of phenolic OH excluding ortho intramolecular Hbond substituents is 1. The minimum absolute atomic E-state index is 0.117. The highest BCUT2D eigenvalue weighted by atomic mass is 16.7. The third-order valence-electron chi connectivity index (χ3n) is 7.20. The number of phenols is 1. The van der Waals surface area contributed by atoms with E-state index >= 15 is 0 Å². The second kappa shape index (κ2) is 11.6. The summed E-state index contributed by atoms with van der Waals surface area (Å²) in [5.41, 5.74) is -0.975. The third kappa shape index (κ3) is 5.37. The van der Waals surface area contributed by atoms with Gasteiger partial charge in [-0.3, -0.25) is 4.79 Å². The zero-order valence-corrected chi connectivity index (χ0v) is 21.9. The molecule has 4 unspecified atom stereocenters. The van der Waals surface area contributed by atoms with Gasteiger partial charge in [0.2, 0.25) is 23.8 Å². The summed E-state index contributed by atoms with van der Waals surface area (Å²) in [4.78, 5) is 12.9. The zero-order valence-electron chi connectivity index (χ0n) is 21.9. The first-order chi connectivity index (χ1) is 19.9. The normalized spacial score (nSPS) is 33.4. The molecule has 15 nitrogen and oxygen atoms in total. The molecule has 3 aromatic rings. The van der Waals surface area contributed by atoms with Crippen LogP contribution in [0.2, 0.25) is 0 Å². The zero-order chi connectivity index (χ0) is 30.5. The number of aliphatic hydroxyl groups excluding tert-OH is 7. The van der Waals surface area contributed by atoms with E-state index in [1.807, 2.05) is 0 Å². The molecule has 228 valence electrons. The Bertz CT molecular complexity index is 1470. The van der Waals surface area contributed by atoms with Gasteiger partial charge in [0.15, 0.2) is 5.76 Å². The van der Waals surface area contributed by atoms with Gasteiger partial charge in [0.1, 0.15) is 70.9 Å². The Hall–Kier alpha value is -3.51. The number of aliphatic hydroxyl groups is 7. The number of hydrogen-bond acceptors (Lipinski definition) is 15. The van der Waals surface area contributed by atoms with E-state index < -0.39 is 84.9 Å². The van der Waals surface area contributed by atoms with Crippen molar-refractivity contribution in [3.8, 4) is 34.3 Å². The molecule has 5 rings (SSSR count). The smallest absolute Gasteiger partial charge is 0.238 e. The van der Waals surface area contributed by atoms with Crippen LogP contribution in [-0.4, -0.2) is 114 Å². The molecule has 0 saturated carbocycles. The number of rotatable bonds is 6. The van der Waals surface area contributed by atoms with E-state index in [9.17, 15) is 50.8 Å². The summed E-state index contributed by atoms with van der Waals surface area (Å²) in [6, 6.07) is 7.77. The lowest BCUT2D eigenvalue weighted by atomic mass is 9.99. The molecule has 0 aliphatic carbocycles. The SMILES string of the molecule is CC1O[C@@H](Oc2cc(O)c3c(=O)c(O)c(-c4ccc(O[C@@H]5OC(CO)[C@@H](O)[C@H](O)C5O)cc4)oc3c2)[C@@H](O)C(O)[C@H]1O. The summed E-state index contributed by atoms with van der Waals surface area (Å²) in [5, 5.41) is 90.3. The van der Waals surface area contributed by atoms with Crippen molar-refractivity contribution in [3.05, 3.63) is 46.6 Å². The molecular weight excluding hydrogens is 564 g/mol. The molecule has 2 aliphatic rings. The first-order valence-corrected chi connectivity index (χ1v) is 12.9. The van der Waals surface area contributed by atoms with E-state index in [1.165, 1.54) is 37.3 Å². The Labute approximate surface area is 236 Å². The van der Waals surface area contributed by atoms with Gasteiger partial charge in [0.25, 0.3) is 0 Å². The summed E-state index contributed by atoms with van der Waals surface area (Å²) in [6.07, 6.45) is -14.3. The van der Waals surface area contributed by atoms with Crippen molar-refractivity contribution in [2.45, 2.75) is 68.3 Å². The molecule has 0 amide bonds. The van der Waals surface area contributed by atoms with Crippen molar-refractivity contribution in [3.63, 3.8) is 0 Å². The first-order valence-electron chi connectivity index (χ1n) is 12.9. The van der Waals surface area contributed by atoms with Crippen LogP contribution in [0.4, 0.5) is 0 Å². The topological polar surface area (TPSA) is 249 Å². The van der Waals surface area contributed by atoms with Gasteiger partial charge < -0.3 is 69.3 Å². The van der Waals surface area contributed by atoms with Gasteiger partial charge in [0.05, 0.1) is 12.7 Å². The average Bonchev–Trinajstić information content (AvgIpc) is 2.97. The lowest BCUT2D eigenvalue weighted by molar-refractivity contribution is -0.277. The van der Waals surface area contributed by atoms with E-state index in [-0.39, 0.29) is 33.8 Å². The molecule has 0 spiro atoms. The molecule has 3 heterocycles. The van der Waals surface area contributed by atoms with E-state index in [0.717, 1.165) is 6.07 Å². The summed E-state index contributed by atoms with van der Waals surface area (Å²) in [7, 11) is 0. The molecule has 2 aromatic carbocycles. The van der Waals surface area contributed by atoms with Gasteiger partial charge >= 0.3 is 0 Å². The monoisotopic (exact) mass is 594 g/mol. The van der Waals surface area contributed by atoms with Crippen LogP contribution in [-0.2, 0) is 9.47 Å². The minimum Gasteiger partial charge on any atom is -0.507 e. The van der Waals surface area contributed by atoms with Crippen molar-refractivity contribution in [1.82, 2.24) is 0 Å². The maximum atomic E-state index is 12.9. The van der Waals surface area contributed by atoms with Gasteiger partial charge in [-0.05, 0) is 31.2 Å². The molecule has 0 bridgehead atoms. The van der Waals surface area contributed by atoms with Gasteiger partial charge in [0, 0.05) is 17.7 Å². The van der Waals surface area contributed by atoms with Crippen molar-refractivity contribution in [2.75, 3.05) is 6.61 Å². The molecule has 42 heavy (non-hydrogen) atoms. The summed E-state index contributed by atoms with van der Waals surface area (Å²) < 4.78 is 27.6. The van der Waals surface area contributed by atoms with Crippen molar-refractivity contribution >= 4 is 11.0 Å². The average molecular weight is 595 g/mol. The maximum absolute atomic E-state index is 12.9. The molecule has 1 aromatic heterocycles. The summed E-state index contributed by atoms with van der Waals surface area (Å²) in [5.74, 6) is -1.72. The van der Waals surface area contributed by atoms with Crippen LogP contribution < -0.4 is 14.9 Å². The highest BCUT2D eigenvalue weighted by molar-refractivity contribution is 5.88. The third-order valence-corrected chi connectivity index (χ3v) is 7.20. The Kier molecular flexibility index (Phi) is 8.30. The standard InChI is InChI=1S/C27H30O15/c1-9-17(30)20(33)23(36)26(38-9)40-12-6-13(29)16-14(7-12)41-25(22(35)19(16)32)10-2-4-11(5-3-10)39-27-24(37)21(34)18(31)15(8-28)42-27/h2-7,9,15,17-18,20-21,23-24,26-31,33-37H,8H2,1H3/t9?,15?,17-,18+,20?,21-,23-,24?,26-,27+/m0/s1. The van der Waals surface area contributed by atoms with Crippen LogP contribution in [0.3, 0.4) is 0 Å². The molecule has 2 aliphatic heterocycles. The Morgan fingerprint density at radius 3 is 2.00 bits per heavy atom. The van der Waals surface area contributed by atoms with E-state index in [0.29, 0.717) is 0 Å². The summed E-state index contributed by atoms with van der Waals surface area (Å²) >= 11 is 0. The second-order valence-electron chi connectivity index (χ2n) is 10.1. The summed E-state index contributed by atoms with van der Waals surface area (Å²) in [6.45, 7) is 0.826. The van der Waals surface area contributed by atoms with Gasteiger partial charge in [-0.2, -0.15) is 0 Å². The molecule has 2 fully saturated rings. The first kappa shape index (κ1) is 30.0. The van der Waals surface area contributed by atoms with Crippen molar-refractivity contribution in [2.24, 2.45) is 0 Å². The molecule has 0 radical (unpaired) electrons. The predicted octanol–water partition coefficient (Wildman–Crippen LogP) is -1.74. The van der Waals surface area contributed by atoms with E-state index in [4.69, 9.17) is 23.4 Å². The number of hydrogen-bond donors (Lipinski definition) is 9. The number of benzene rings is 2. The van der Waals surface area contributed by atoms with Crippen LogP contribution in [0.25, 0.3) is 22.3 Å².